The number of carbonyl (C=O) groups excluding carboxylic acids is 1. The molecule has 0 spiro atoms. The standard InChI is InChI=1S/C14H18FNO5/c15-10-3-5-11(6-4-10)21-9-1-2-13(18)16-12(7-8-17)14(19)20/h3-6,12,17H,1-2,7-9H2,(H,16,18)(H,19,20)/t12-/m1/s1. The van der Waals surface area contributed by atoms with Crippen LogP contribution in [0.2, 0.25) is 0 Å². The topological polar surface area (TPSA) is 95.9 Å². The first-order valence-corrected chi connectivity index (χ1v) is 6.54. The third kappa shape index (κ3) is 6.71. The van der Waals surface area contributed by atoms with Crippen molar-refractivity contribution >= 4 is 11.9 Å². The zero-order valence-corrected chi connectivity index (χ0v) is 11.4. The maximum absolute atomic E-state index is 12.7. The third-order valence-corrected chi connectivity index (χ3v) is 2.68. The van der Waals surface area contributed by atoms with Gasteiger partial charge in [0.1, 0.15) is 17.6 Å². The predicted molar refractivity (Wildman–Crippen MR) is 72.4 cm³/mol. The first-order chi connectivity index (χ1) is 10.0. The van der Waals surface area contributed by atoms with E-state index in [1.165, 1.54) is 24.3 Å². The number of benzene rings is 1. The van der Waals surface area contributed by atoms with E-state index in [0.29, 0.717) is 12.2 Å². The van der Waals surface area contributed by atoms with E-state index in [2.05, 4.69) is 5.32 Å². The summed E-state index contributed by atoms with van der Waals surface area (Å²) >= 11 is 0. The summed E-state index contributed by atoms with van der Waals surface area (Å²) in [6, 6.07) is 4.43. The number of carboxylic acid groups (broad SMARTS) is 1. The highest BCUT2D eigenvalue weighted by Crippen LogP contribution is 2.11. The average molecular weight is 299 g/mol. The smallest absolute Gasteiger partial charge is 0.326 e. The first-order valence-electron chi connectivity index (χ1n) is 6.54. The molecule has 1 aromatic carbocycles. The van der Waals surface area contributed by atoms with Gasteiger partial charge >= 0.3 is 5.97 Å². The van der Waals surface area contributed by atoms with E-state index >= 15 is 0 Å². The Labute approximate surface area is 121 Å². The fraction of sp³-hybridized carbons (Fsp3) is 0.429. The molecular weight excluding hydrogens is 281 g/mol. The molecule has 0 aliphatic carbocycles. The summed E-state index contributed by atoms with van der Waals surface area (Å²) in [5.74, 6) is -1.45. The number of ether oxygens (including phenoxy) is 1. The van der Waals surface area contributed by atoms with Gasteiger partial charge in [0, 0.05) is 19.4 Å². The second kappa shape index (κ2) is 8.91. The summed E-state index contributed by atoms with van der Waals surface area (Å²) < 4.78 is 18.0. The predicted octanol–water partition coefficient (Wildman–Crippen LogP) is 0.936. The van der Waals surface area contributed by atoms with Crippen LogP contribution in [0, 0.1) is 5.82 Å². The van der Waals surface area contributed by atoms with Crippen molar-refractivity contribution in [2.75, 3.05) is 13.2 Å². The second-order valence-electron chi connectivity index (χ2n) is 4.38. The van der Waals surface area contributed by atoms with Crippen molar-refractivity contribution in [1.29, 1.82) is 0 Å². The summed E-state index contributed by atoms with van der Waals surface area (Å²) in [5.41, 5.74) is 0. The maximum Gasteiger partial charge on any atom is 0.326 e. The lowest BCUT2D eigenvalue weighted by Gasteiger charge is -2.13. The Kier molecular flexibility index (Phi) is 7.17. The van der Waals surface area contributed by atoms with Gasteiger partial charge in [0.2, 0.25) is 5.91 Å². The van der Waals surface area contributed by atoms with Crippen molar-refractivity contribution in [3.8, 4) is 5.75 Å². The second-order valence-corrected chi connectivity index (χ2v) is 4.38. The van der Waals surface area contributed by atoms with E-state index < -0.39 is 17.9 Å². The van der Waals surface area contributed by atoms with E-state index in [4.69, 9.17) is 14.9 Å². The quantitative estimate of drug-likeness (QED) is 0.590. The fourth-order valence-electron chi connectivity index (χ4n) is 1.61. The Morgan fingerprint density at radius 1 is 1.29 bits per heavy atom. The summed E-state index contributed by atoms with van der Waals surface area (Å²) in [6.45, 7) is -0.0539. The number of hydrogen-bond acceptors (Lipinski definition) is 4. The van der Waals surface area contributed by atoms with Crippen LogP contribution in [0.5, 0.6) is 5.75 Å². The zero-order valence-electron chi connectivity index (χ0n) is 11.4. The molecular formula is C14H18FNO5. The van der Waals surface area contributed by atoms with E-state index in [-0.39, 0.29) is 31.9 Å². The van der Waals surface area contributed by atoms with Crippen LogP contribution in [-0.2, 0) is 9.59 Å². The van der Waals surface area contributed by atoms with Crippen LogP contribution in [-0.4, -0.2) is 41.3 Å². The molecule has 1 aromatic rings. The van der Waals surface area contributed by atoms with Crippen LogP contribution < -0.4 is 10.1 Å². The molecule has 1 rings (SSSR count). The Morgan fingerprint density at radius 2 is 1.95 bits per heavy atom. The molecule has 0 saturated heterocycles. The SMILES string of the molecule is O=C(CCCOc1ccc(F)cc1)N[C@H](CCO)C(=O)O. The molecule has 21 heavy (non-hydrogen) atoms. The highest BCUT2D eigenvalue weighted by atomic mass is 19.1. The summed E-state index contributed by atoms with van der Waals surface area (Å²) in [5, 5.41) is 19.8. The molecule has 1 atom stereocenters. The van der Waals surface area contributed by atoms with Crippen LogP contribution in [0.15, 0.2) is 24.3 Å². The molecule has 116 valence electrons. The lowest BCUT2D eigenvalue weighted by molar-refractivity contribution is -0.142. The van der Waals surface area contributed by atoms with Gasteiger partial charge in [-0.05, 0) is 30.7 Å². The van der Waals surface area contributed by atoms with Gasteiger partial charge in [0.25, 0.3) is 0 Å². The minimum Gasteiger partial charge on any atom is -0.494 e. The van der Waals surface area contributed by atoms with Gasteiger partial charge < -0.3 is 20.3 Å². The molecule has 3 N–H and O–H groups in total. The Bertz CT molecular complexity index is 463. The Hall–Kier alpha value is -2.15. The van der Waals surface area contributed by atoms with Gasteiger partial charge in [0.05, 0.1) is 6.61 Å². The zero-order chi connectivity index (χ0) is 15.7. The van der Waals surface area contributed by atoms with Gasteiger partial charge in [-0.1, -0.05) is 0 Å². The molecule has 0 aliphatic rings. The molecule has 0 heterocycles. The van der Waals surface area contributed by atoms with Crippen molar-refractivity contribution in [3.63, 3.8) is 0 Å². The number of halogens is 1. The summed E-state index contributed by atoms with van der Waals surface area (Å²) in [7, 11) is 0. The molecule has 0 unspecified atom stereocenters. The van der Waals surface area contributed by atoms with Crippen LogP contribution >= 0.6 is 0 Å². The highest BCUT2D eigenvalue weighted by Gasteiger charge is 2.18. The van der Waals surface area contributed by atoms with Gasteiger partial charge in [-0.15, -0.1) is 0 Å². The normalized spacial score (nSPS) is 11.7. The van der Waals surface area contributed by atoms with E-state index in [9.17, 15) is 14.0 Å². The van der Waals surface area contributed by atoms with Crippen LogP contribution in [0.25, 0.3) is 0 Å². The number of rotatable bonds is 9. The number of hydrogen-bond donors (Lipinski definition) is 3. The molecule has 0 aromatic heterocycles. The van der Waals surface area contributed by atoms with Crippen molar-refractivity contribution < 1.29 is 28.9 Å². The molecule has 1 amide bonds. The molecule has 0 fully saturated rings. The number of carboxylic acids is 1. The van der Waals surface area contributed by atoms with E-state index in [0.717, 1.165) is 0 Å². The molecule has 0 radical (unpaired) electrons. The largest absolute Gasteiger partial charge is 0.494 e. The number of aliphatic hydroxyl groups excluding tert-OH is 1. The van der Waals surface area contributed by atoms with Crippen molar-refractivity contribution in [3.05, 3.63) is 30.1 Å². The van der Waals surface area contributed by atoms with Gasteiger partial charge in [-0.3, -0.25) is 4.79 Å². The highest BCUT2D eigenvalue weighted by molar-refractivity contribution is 5.83. The van der Waals surface area contributed by atoms with E-state index in [1.807, 2.05) is 0 Å². The molecule has 0 aliphatic heterocycles. The van der Waals surface area contributed by atoms with Gasteiger partial charge in [-0.2, -0.15) is 0 Å². The maximum atomic E-state index is 12.7. The molecule has 6 nitrogen and oxygen atoms in total. The van der Waals surface area contributed by atoms with Crippen LogP contribution in [0.1, 0.15) is 19.3 Å². The van der Waals surface area contributed by atoms with Crippen molar-refractivity contribution in [2.24, 2.45) is 0 Å². The minimum absolute atomic E-state index is 0.0346. The lowest BCUT2D eigenvalue weighted by atomic mass is 10.2. The van der Waals surface area contributed by atoms with Gasteiger partial charge in [0.15, 0.2) is 0 Å². The van der Waals surface area contributed by atoms with Crippen molar-refractivity contribution in [2.45, 2.75) is 25.3 Å². The van der Waals surface area contributed by atoms with Crippen LogP contribution in [0.3, 0.4) is 0 Å². The molecule has 7 heteroatoms. The number of carbonyl (C=O) groups is 2. The lowest BCUT2D eigenvalue weighted by Crippen LogP contribution is -2.41. The van der Waals surface area contributed by atoms with Crippen LogP contribution in [0.4, 0.5) is 4.39 Å². The molecule has 0 saturated carbocycles. The number of amides is 1. The first kappa shape index (κ1) is 16.9. The monoisotopic (exact) mass is 299 g/mol. The third-order valence-electron chi connectivity index (χ3n) is 2.68. The minimum atomic E-state index is -1.18. The number of nitrogens with one attached hydrogen (secondary N) is 1. The van der Waals surface area contributed by atoms with E-state index in [1.54, 1.807) is 0 Å². The molecule has 0 bridgehead atoms. The Morgan fingerprint density at radius 3 is 2.52 bits per heavy atom. The van der Waals surface area contributed by atoms with Crippen molar-refractivity contribution in [1.82, 2.24) is 5.32 Å². The average Bonchev–Trinajstić information content (AvgIpc) is 2.45. The number of aliphatic hydroxyl groups is 1. The summed E-state index contributed by atoms with van der Waals surface area (Å²) in [6.07, 6.45) is 0.470. The summed E-state index contributed by atoms with van der Waals surface area (Å²) in [4.78, 5) is 22.3. The fourth-order valence-corrected chi connectivity index (χ4v) is 1.61. The Balaban J connectivity index is 2.23. The number of aliphatic carboxylic acids is 1. The van der Waals surface area contributed by atoms with Gasteiger partial charge in [-0.25, -0.2) is 9.18 Å².